The quantitative estimate of drug-likeness (QED) is 0.106. The highest BCUT2D eigenvalue weighted by molar-refractivity contribution is 5.95. The van der Waals surface area contributed by atoms with E-state index in [1.54, 1.807) is 36.4 Å². The van der Waals surface area contributed by atoms with E-state index in [4.69, 9.17) is 23.7 Å². The Morgan fingerprint density at radius 1 is 0.919 bits per heavy atom. The first kappa shape index (κ1) is 46.5. The zero-order valence-corrected chi connectivity index (χ0v) is 35.8. The van der Waals surface area contributed by atoms with Crippen molar-refractivity contribution in [3.05, 3.63) is 82.9 Å². The van der Waals surface area contributed by atoms with Gasteiger partial charge in [-0.2, -0.15) is 0 Å². The van der Waals surface area contributed by atoms with E-state index in [2.05, 4.69) is 5.32 Å². The molecule has 3 fully saturated rings. The smallest absolute Gasteiger partial charge is 0.338 e. The number of Topliss-reactive ketones (excluding diaryl/α,β-unsaturated/α-hetero) is 1. The number of carbonyl (C=O) groups is 6. The molecule has 2 bridgehead atoms. The Morgan fingerprint density at radius 2 is 1.52 bits per heavy atom. The molecule has 1 amide bonds. The average Bonchev–Trinajstić information content (AvgIpc) is 3.20. The first-order valence-corrected chi connectivity index (χ1v) is 20.4. The molecular weight excluding hydrogens is 810 g/mol. The van der Waals surface area contributed by atoms with Crippen LogP contribution < -0.4 is 5.32 Å². The van der Waals surface area contributed by atoms with Crippen molar-refractivity contribution in [1.29, 1.82) is 0 Å². The first-order chi connectivity index (χ1) is 28.9. The Labute approximate surface area is 358 Å². The third kappa shape index (κ3) is 7.51. The Balaban J connectivity index is 1.54. The number of carbonyl (C=O) groups excluding carboxylic acids is 6. The number of nitrogens with one attached hydrogen (secondary N) is 1. The number of hydrogen-bond donors (Lipinski definition) is 6. The SMILES string of the molecule is CC(=O)OC1C(=O)C2(C)C(O)CC3OCC3(OC(C)=O)C2C(OC(=O)c2ccccc2)C2(O)CC(OC(=O)C(O)C(NC(=O)C(C)(O)C(C)O)c3ccccc3)C(C)=C1C2(C)C. The molecule has 13 atom stereocenters. The van der Waals surface area contributed by atoms with Crippen molar-refractivity contribution >= 4 is 35.6 Å². The molecule has 0 radical (unpaired) electrons. The van der Waals surface area contributed by atoms with E-state index in [-0.39, 0.29) is 35.3 Å². The van der Waals surface area contributed by atoms with Gasteiger partial charge in [0.2, 0.25) is 0 Å². The average molecular weight is 866 g/mol. The Morgan fingerprint density at radius 3 is 2.05 bits per heavy atom. The van der Waals surface area contributed by atoms with Crippen LogP contribution in [0.25, 0.3) is 0 Å². The summed E-state index contributed by atoms with van der Waals surface area (Å²) in [5.74, 6) is -7.67. The second-order valence-electron chi connectivity index (χ2n) is 17.8. The minimum absolute atomic E-state index is 0.0403. The van der Waals surface area contributed by atoms with Gasteiger partial charge in [-0.25, -0.2) is 9.59 Å². The van der Waals surface area contributed by atoms with Gasteiger partial charge in [0.15, 0.2) is 29.2 Å². The lowest BCUT2D eigenvalue weighted by Gasteiger charge is -2.67. The van der Waals surface area contributed by atoms with Crippen molar-refractivity contribution < 1.29 is 78.0 Å². The van der Waals surface area contributed by atoms with E-state index >= 15 is 4.79 Å². The summed E-state index contributed by atoms with van der Waals surface area (Å²) in [5.41, 5.74) is -10.1. The fourth-order valence-electron chi connectivity index (χ4n) is 9.85. The Bertz CT molecular complexity index is 2140. The molecule has 1 aliphatic heterocycles. The highest BCUT2D eigenvalue weighted by Gasteiger charge is 2.78. The van der Waals surface area contributed by atoms with E-state index in [1.807, 2.05) is 0 Å². The molecule has 4 aliphatic rings. The van der Waals surface area contributed by atoms with Crippen LogP contribution in [0, 0.1) is 16.7 Å². The van der Waals surface area contributed by atoms with Crippen molar-refractivity contribution in [2.75, 3.05) is 6.61 Å². The molecule has 0 aromatic heterocycles. The van der Waals surface area contributed by atoms with Crippen molar-refractivity contribution in [2.24, 2.45) is 16.7 Å². The van der Waals surface area contributed by atoms with Crippen LogP contribution in [0.1, 0.15) is 90.2 Å². The molecule has 62 heavy (non-hydrogen) atoms. The summed E-state index contributed by atoms with van der Waals surface area (Å²) in [5, 5.41) is 60.6. The number of hydrogen-bond acceptors (Lipinski definition) is 16. The molecule has 13 unspecified atom stereocenters. The first-order valence-electron chi connectivity index (χ1n) is 20.4. The van der Waals surface area contributed by atoms with Gasteiger partial charge in [-0.1, -0.05) is 62.4 Å². The van der Waals surface area contributed by atoms with Crippen molar-refractivity contribution in [3.8, 4) is 0 Å². The van der Waals surface area contributed by atoms with Crippen LogP contribution in [-0.2, 0) is 47.7 Å². The molecule has 17 heteroatoms. The number of ketones is 1. The molecule has 6 N–H and O–H groups in total. The van der Waals surface area contributed by atoms with Gasteiger partial charge < -0.3 is 54.5 Å². The fourth-order valence-corrected chi connectivity index (χ4v) is 9.85. The monoisotopic (exact) mass is 865 g/mol. The number of aliphatic hydroxyl groups excluding tert-OH is 3. The van der Waals surface area contributed by atoms with Gasteiger partial charge in [-0.3, -0.25) is 19.2 Å². The van der Waals surface area contributed by atoms with Gasteiger partial charge in [0, 0.05) is 32.1 Å². The highest BCUT2D eigenvalue weighted by Crippen LogP contribution is 2.64. The summed E-state index contributed by atoms with van der Waals surface area (Å²) in [6.45, 7) is 9.97. The van der Waals surface area contributed by atoms with E-state index in [1.165, 1.54) is 58.9 Å². The maximum atomic E-state index is 15.5. The molecular formula is C45H55NO16. The molecule has 2 aromatic carbocycles. The minimum Gasteiger partial charge on any atom is -0.456 e. The van der Waals surface area contributed by atoms with Crippen molar-refractivity contribution in [1.82, 2.24) is 5.32 Å². The van der Waals surface area contributed by atoms with Crippen LogP contribution >= 0.6 is 0 Å². The predicted octanol–water partition coefficient (Wildman–Crippen LogP) is 1.55. The van der Waals surface area contributed by atoms with Crippen LogP contribution in [0.2, 0.25) is 0 Å². The maximum absolute atomic E-state index is 15.5. The maximum Gasteiger partial charge on any atom is 0.338 e. The van der Waals surface area contributed by atoms with E-state index in [9.17, 15) is 49.5 Å². The van der Waals surface area contributed by atoms with Crippen LogP contribution in [-0.4, -0.2) is 127 Å². The van der Waals surface area contributed by atoms with Crippen LogP contribution in [0.15, 0.2) is 71.8 Å². The van der Waals surface area contributed by atoms with Gasteiger partial charge in [-0.15, -0.1) is 0 Å². The summed E-state index contributed by atoms with van der Waals surface area (Å²) >= 11 is 0. The summed E-state index contributed by atoms with van der Waals surface area (Å²) in [4.78, 5) is 83.1. The topological polar surface area (TPSA) is 262 Å². The molecule has 3 aliphatic carbocycles. The number of rotatable bonds is 11. The normalized spacial score (nSPS) is 33.5. The highest BCUT2D eigenvalue weighted by atomic mass is 16.6. The third-order valence-corrected chi connectivity index (χ3v) is 13.7. The number of amides is 1. The van der Waals surface area contributed by atoms with Gasteiger partial charge >= 0.3 is 23.9 Å². The van der Waals surface area contributed by atoms with E-state index in [0.717, 1.165) is 20.8 Å². The minimum atomic E-state index is -2.44. The van der Waals surface area contributed by atoms with Crippen LogP contribution in [0.4, 0.5) is 0 Å². The standard InChI is InChI=1S/C45H55NO16/c1-22-28(60-39(54)33(51)32(26-15-11-9-12-16-26)46-40(55)43(8,56)23(2)47)20-45(57)37(61-38(53)27-17-13-10-14-18-27)35-42(7,29(50)19-30-44(35,21-58-30)62-25(4)49)36(52)34(59-24(3)48)31(22)41(45,5)6/h9-18,23,28-30,32-35,37,47,50-51,56-57H,19-21H2,1-8H3,(H,46,55). The van der Waals surface area contributed by atoms with Gasteiger partial charge in [-0.05, 0) is 56.5 Å². The molecule has 0 spiro atoms. The lowest BCUT2D eigenvalue weighted by Crippen LogP contribution is -2.82. The lowest BCUT2D eigenvalue weighted by atomic mass is 9.44. The van der Waals surface area contributed by atoms with Gasteiger partial charge in [0.05, 0.1) is 41.8 Å². The van der Waals surface area contributed by atoms with Crippen molar-refractivity contribution in [3.63, 3.8) is 0 Å². The predicted molar refractivity (Wildman–Crippen MR) is 214 cm³/mol. The van der Waals surface area contributed by atoms with E-state index in [0.29, 0.717) is 0 Å². The molecule has 6 rings (SSSR count). The Hall–Kier alpha value is -5.04. The summed E-state index contributed by atoms with van der Waals surface area (Å²) in [6.07, 6.45) is -12.6. The largest absolute Gasteiger partial charge is 0.456 e. The fraction of sp³-hybridized carbons (Fsp3) is 0.556. The van der Waals surface area contributed by atoms with Crippen molar-refractivity contribution in [2.45, 2.75) is 134 Å². The zero-order valence-electron chi connectivity index (χ0n) is 35.8. The number of ether oxygens (including phenoxy) is 5. The summed E-state index contributed by atoms with van der Waals surface area (Å²) in [7, 11) is 0. The van der Waals surface area contributed by atoms with Crippen LogP contribution in [0.5, 0.6) is 0 Å². The number of benzene rings is 2. The number of fused-ring (bicyclic) bond motifs is 5. The van der Waals surface area contributed by atoms with Gasteiger partial charge in [0.25, 0.3) is 5.91 Å². The molecule has 1 heterocycles. The molecule has 1 saturated heterocycles. The number of aliphatic hydroxyl groups is 5. The second-order valence-corrected chi connectivity index (χ2v) is 17.8. The molecule has 2 saturated carbocycles. The zero-order chi connectivity index (χ0) is 45.9. The van der Waals surface area contributed by atoms with E-state index < -0.39 is 124 Å². The summed E-state index contributed by atoms with van der Waals surface area (Å²) in [6, 6.07) is 13.9. The second kappa shape index (κ2) is 16.6. The summed E-state index contributed by atoms with van der Waals surface area (Å²) < 4.78 is 30.1. The van der Waals surface area contributed by atoms with Crippen LogP contribution in [0.3, 0.4) is 0 Å². The number of esters is 4. The lowest BCUT2D eigenvalue weighted by molar-refractivity contribution is -0.346. The Kier molecular flexibility index (Phi) is 12.4. The third-order valence-electron chi connectivity index (χ3n) is 13.7. The molecule has 2 aromatic rings. The molecule has 336 valence electrons. The molecule has 17 nitrogen and oxygen atoms in total. The van der Waals surface area contributed by atoms with Gasteiger partial charge in [0.1, 0.15) is 23.9 Å².